The van der Waals surface area contributed by atoms with Gasteiger partial charge in [0.15, 0.2) is 5.16 Å². The number of hydrogen-bond acceptors (Lipinski definition) is 7. The van der Waals surface area contributed by atoms with Crippen molar-refractivity contribution in [2.75, 3.05) is 12.4 Å². The average Bonchev–Trinajstić information content (AvgIpc) is 3.10. The quantitative estimate of drug-likeness (QED) is 0.384. The van der Waals surface area contributed by atoms with E-state index < -0.39 is 0 Å². The zero-order chi connectivity index (χ0) is 15.9. The number of ether oxygens (including phenoxy) is 1. The maximum absolute atomic E-state index is 11.1. The Balaban J connectivity index is 1.41. The molecule has 2 aromatic heterocycles. The maximum Gasteiger partial charge on any atom is 0.251 e. The van der Waals surface area contributed by atoms with Gasteiger partial charge in [-0.15, -0.1) is 10.2 Å². The van der Waals surface area contributed by atoms with E-state index in [9.17, 15) is 4.79 Å². The Morgan fingerprint density at radius 1 is 1.17 bits per heavy atom. The molecule has 0 atom stereocenters. The minimum atomic E-state index is -0.138. The Bertz CT molecular complexity index is 788. The lowest BCUT2D eigenvalue weighted by molar-refractivity contribution is 0.319. The summed E-state index contributed by atoms with van der Waals surface area (Å²) in [7, 11) is 0. The van der Waals surface area contributed by atoms with Crippen LogP contribution in [0.15, 0.2) is 46.5 Å². The van der Waals surface area contributed by atoms with E-state index in [4.69, 9.17) is 4.74 Å². The van der Waals surface area contributed by atoms with Crippen LogP contribution in [0.3, 0.4) is 0 Å². The van der Waals surface area contributed by atoms with Crippen molar-refractivity contribution in [2.24, 2.45) is 0 Å². The lowest BCUT2D eigenvalue weighted by Crippen LogP contribution is -2.06. The summed E-state index contributed by atoms with van der Waals surface area (Å²) in [6.07, 6.45) is 2.35. The number of aromatic nitrogens is 6. The van der Waals surface area contributed by atoms with E-state index in [1.54, 1.807) is 0 Å². The highest BCUT2D eigenvalue weighted by molar-refractivity contribution is 7.99. The number of tetrazole rings is 1. The molecule has 0 unspecified atom stereocenters. The third-order valence-corrected chi connectivity index (χ3v) is 3.88. The molecule has 0 spiro atoms. The van der Waals surface area contributed by atoms with Crippen LogP contribution in [0.1, 0.15) is 6.42 Å². The number of aromatic amines is 2. The maximum atomic E-state index is 11.1. The van der Waals surface area contributed by atoms with Gasteiger partial charge in [-0.3, -0.25) is 4.79 Å². The molecule has 1 aromatic carbocycles. The molecule has 0 bridgehead atoms. The van der Waals surface area contributed by atoms with Gasteiger partial charge in [0.2, 0.25) is 5.82 Å². The second-order valence-electron chi connectivity index (χ2n) is 4.55. The van der Waals surface area contributed by atoms with Crippen LogP contribution in [0.4, 0.5) is 0 Å². The van der Waals surface area contributed by atoms with Gasteiger partial charge in [0.1, 0.15) is 5.75 Å². The highest BCUT2D eigenvalue weighted by Gasteiger charge is 2.03. The van der Waals surface area contributed by atoms with Crippen molar-refractivity contribution < 1.29 is 4.74 Å². The van der Waals surface area contributed by atoms with Gasteiger partial charge >= 0.3 is 0 Å². The molecular formula is C14H14N6O2S. The van der Waals surface area contributed by atoms with Gasteiger partial charge in [-0.05, 0) is 35.9 Å². The molecule has 0 aliphatic rings. The lowest BCUT2D eigenvalue weighted by atomic mass is 10.2. The topological polar surface area (TPSA) is 109 Å². The first-order chi connectivity index (χ1) is 11.3. The van der Waals surface area contributed by atoms with Crippen molar-refractivity contribution in [1.82, 2.24) is 30.6 Å². The van der Waals surface area contributed by atoms with E-state index in [1.807, 2.05) is 24.3 Å². The Labute approximate surface area is 135 Å². The van der Waals surface area contributed by atoms with Gasteiger partial charge in [0.25, 0.3) is 5.56 Å². The van der Waals surface area contributed by atoms with Crippen LogP contribution in [0, 0.1) is 0 Å². The standard InChI is InChI=1S/C14H14N6O2S/c21-12-6-7-15-14(16-12)23-9-1-8-22-11-4-2-10(3-5-11)13-17-19-20-18-13/h2-7H,1,8-9H2,(H,15,16,21)(H,17,18,19,20). The first-order valence-electron chi connectivity index (χ1n) is 6.96. The molecule has 0 aliphatic carbocycles. The van der Waals surface area contributed by atoms with Crippen LogP contribution in [0.5, 0.6) is 5.75 Å². The van der Waals surface area contributed by atoms with E-state index in [0.29, 0.717) is 17.6 Å². The molecule has 0 aliphatic heterocycles. The van der Waals surface area contributed by atoms with Gasteiger partial charge in [-0.1, -0.05) is 11.8 Å². The first-order valence-corrected chi connectivity index (χ1v) is 7.94. The zero-order valence-electron chi connectivity index (χ0n) is 12.1. The molecule has 23 heavy (non-hydrogen) atoms. The van der Waals surface area contributed by atoms with Crippen molar-refractivity contribution in [3.05, 3.63) is 46.9 Å². The van der Waals surface area contributed by atoms with Crippen molar-refractivity contribution in [3.8, 4) is 17.1 Å². The van der Waals surface area contributed by atoms with Crippen LogP contribution in [-0.2, 0) is 0 Å². The third-order valence-electron chi connectivity index (χ3n) is 2.90. The first kappa shape index (κ1) is 15.2. The molecule has 2 N–H and O–H groups in total. The predicted molar refractivity (Wildman–Crippen MR) is 85.3 cm³/mol. The number of nitrogens with zero attached hydrogens (tertiary/aromatic N) is 4. The van der Waals surface area contributed by atoms with Gasteiger partial charge in [-0.2, -0.15) is 5.21 Å². The van der Waals surface area contributed by atoms with E-state index in [-0.39, 0.29) is 5.56 Å². The Hall–Kier alpha value is -2.68. The number of H-pyrrole nitrogens is 2. The normalized spacial score (nSPS) is 10.6. The molecule has 2 heterocycles. The van der Waals surface area contributed by atoms with Crippen LogP contribution in [0.2, 0.25) is 0 Å². The van der Waals surface area contributed by atoms with Crippen molar-refractivity contribution >= 4 is 11.8 Å². The molecule has 9 heteroatoms. The van der Waals surface area contributed by atoms with Gasteiger partial charge in [0, 0.05) is 23.6 Å². The smallest absolute Gasteiger partial charge is 0.251 e. The van der Waals surface area contributed by atoms with Crippen molar-refractivity contribution in [1.29, 1.82) is 0 Å². The van der Waals surface area contributed by atoms with Gasteiger partial charge in [-0.25, -0.2) is 4.98 Å². The molecule has 118 valence electrons. The highest BCUT2D eigenvalue weighted by atomic mass is 32.2. The van der Waals surface area contributed by atoms with E-state index in [1.165, 1.54) is 24.0 Å². The Kier molecular flexibility index (Phi) is 4.99. The summed E-state index contributed by atoms with van der Waals surface area (Å²) in [4.78, 5) is 17.9. The Morgan fingerprint density at radius 2 is 2.04 bits per heavy atom. The predicted octanol–water partition coefficient (Wildman–Crippen LogP) is 1.51. The van der Waals surface area contributed by atoms with E-state index in [0.717, 1.165) is 23.5 Å². The molecule has 3 aromatic rings. The lowest BCUT2D eigenvalue weighted by Gasteiger charge is -2.06. The molecule has 0 radical (unpaired) electrons. The molecule has 8 nitrogen and oxygen atoms in total. The SMILES string of the molecule is O=c1ccnc(SCCCOc2ccc(-c3nn[nH]n3)cc2)[nH]1. The van der Waals surface area contributed by atoms with Crippen LogP contribution < -0.4 is 10.3 Å². The van der Waals surface area contributed by atoms with E-state index in [2.05, 4.69) is 30.6 Å². The number of nitrogens with one attached hydrogen (secondary N) is 2. The van der Waals surface area contributed by atoms with Crippen LogP contribution in [-0.4, -0.2) is 43.0 Å². The number of hydrogen-bond donors (Lipinski definition) is 2. The molecular weight excluding hydrogens is 316 g/mol. The Morgan fingerprint density at radius 3 is 2.78 bits per heavy atom. The van der Waals surface area contributed by atoms with Crippen LogP contribution in [0.25, 0.3) is 11.4 Å². The monoisotopic (exact) mass is 330 g/mol. The fraction of sp³-hybridized carbons (Fsp3) is 0.214. The molecule has 0 amide bonds. The number of rotatable bonds is 7. The third kappa shape index (κ3) is 4.39. The van der Waals surface area contributed by atoms with Crippen molar-refractivity contribution in [3.63, 3.8) is 0 Å². The summed E-state index contributed by atoms with van der Waals surface area (Å²) in [6.45, 7) is 0.589. The summed E-state index contributed by atoms with van der Waals surface area (Å²) in [5.74, 6) is 2.15. The molecule has 3 rings (SSSR count). The summed E-state index contributed by atoms with van der Waals surface area (Å²) < 4.78 is 5.67. The number of thioether (sulfide) groups is 1. The summed E-state index contributed by atoms with van der Waals surface area (Å²) in [6, 6.07) is 8.90. The van der Waals surface area contributed by atoms with Gasteiger partial charge in [0.05, 0.1) is 6.61 Å². The van der Waals surface area contributed by atoms with Gasteiger partial charge < -0.3 is 9.72 Å². The fourth-order valence-corrected chi connectivity index (χ4v) is 2.59. The average molecular weight is 330 g/mol. The molecule has 0 saturated heterocycles. The largest absolute Gasteiger partial charge is 0.494 e. The minimum absolute atomic E-state index is 0.138. The zero-order valence-corrected chi connectivity index (χ0v) is 12.9. The second kappa shape index (κ2) is 7.54. The summed E-state index contributed by atoms with van der Waals surface area (Å²) in [5.41, 5.74) is 0.737. The van der Waals surface area contributed by atoms with E-state index >= 15 is 0 Å². The van der Waals surface area contributed by atoms with Crippen LogP contribution >= 0.6 is 11.8 Å². The summed E-state index contributed by atoms with van der Waals surface area (Å²) >= 11 is 1.50. The summed E-state index contributed by atoms with van der Waals surface area (Å²) in [5, 5.41) is 14.4. The fourth-order valence-electron chi connectivity index (χ4n) is 1.83. The highest BCUT2D eigenvalue weighted by Crippen LogP contribution is 2.19. The number of benzene rings is 1. The molecule has 0 saturated carbocycles. The van der Waals surface area contributed by atoms with Crippen molar-refractivity contribution in [2.45, 2.75) is 11.6 Å². The minimum Gasteiger partial charge on any atom is -0.494 e. The molecule has 0 fully saturated rings. The second-order valence-corrected chi connectivity index (χ2v) is 5.63.